The Bertz CT molecular complexity index is 676. The van der Waals surface area contributed by atoms with Crippen LogP contribution >= 0.6 is 11.3 Å². The average molecular weight is 320 g/mol. The Hall–Kier alpha value is -2.02. The van der Waals surface area contributed by atoms with Gasteiger partial charge < -0.3 is 5.32 Å². The first-order chi connectivity index (χ1) is 10.3. The SMILES string of the molecule is Cc1cc([N+](=O)[O-])cnc1NCCc1csc(C(C)(C)C)n1. The van der Waals surface area contributed by atoms with Gasteiger partial charge in [-0.1, -0.05) is 20.8 Å². The molecule has 118 valence electrons. The van der Waals surface area contributed by atoms with Crippen molar-refractivity contribution in [1.29, 1.82) is 0 Å². The number of nitrogens with zero attached hydrogens (tertiary/aromatic N) is 3. The van der Waals surface area contributed by atoms with Crippen molar-refractivity contribution in [3.63, 3.8) is 0 Å². The molecule has 2 aromatic heterocycles. The van der Waals surface area contributed by atoms with Crippen molar-refractivity contribution < 1.29 is 4.92 Å². The van der Waals surface area contributed by atoms with Gasteiger partial charge in [0, 0.05) is 29.8 Å². The molecule has 0 bridgehead atoms. The van der Waals surface area contributed by atoms with E-state index < -0.39 is 4.92 Å². The molecule has 2 aromatic rings. The predicted octanol–water partition coefficient (Wildman–Crippen LogP) is 3.71. The van der Waals surface area contributed by atoms with Gasteiger partial charge in [0.25, 0.3) is 5.69 Å². The van der Waals surface area contributed by atoms with Crippen LogP contribution in [0.4, 0.5) is 11.5 Å². The topological polar surface area (TPSA) is 81.0 Å². The lowest BCUT2D eigenvalue weighted by Crippen LogP contribution is -2.11. The molecule has 0 aliphatic rings. The van der Waals surface area contributed by atoms with Gasteiger partial charge in [0.05, 0.1) is 15.6 Å². The third-order valence-corrected chi connectivity index (χ3v) is 4.46. The molecule has 1 N–H and O–H groups in total. The molecule has 0 atom stereocenters. The van der Waals surface area contributed by atoms with Crippen LogP contribution in [-0.4, -0.2) is 21.4 Å². The maximum atomic E-state index is 10.7. The molecule has 0 spiro atoms. The zero-order valence-corrected chi connectivity index (χ0v) is 14.0. The third-order valence-electron chi connectivity index (χ3n) is 3.14. The second-order valence-electron chi connectivity index (χ2n) is 6.19. The Labute approximate surface area is 133 Å². The largest absolute Gasteiger partial charge is 0.369 e. The molecule has 0 aliphatic carbocycles. The number of nitrogens with one attached hydrogen (secondary N) is 1. The lowest BCUT2D eigenvalue weighted by molar-refractivity contribution is -0.385. The number of aryl methyl sites for hydroxylation is 1. The van der Waals surface area contributed by atoms with Crippen molar-refractivity contribution in [2.75, 3.05) is 11.9 Å². The van der Waals surface area contributed by atoms with Crippen LogP contribution in [0.15, 0.2) is 17.6 Å². The number of hydrogen-bond donors (Lipinski definition) is 1. The summed E-state index contributed by atoms with van der Waals surface area (Å²) in [7, 11) is 0. The van der Waals surface area contributed by atoms with Crippen LogP contribution in [-0.2, 0) is 11.8 Å². The van der Waals surface area contributed by atoms with Crippen LogP contribution in [0.3, 0.4) is 0 Å². The molecule has 0 unspecified atom stereocenters. The lowest BCUT2D eigenvalue weighted by atomic mass is 9.98. The fourth-order valence-electron chi connectivity index (χ4n) is 1.92. The quantitative estimate of drug-likeness (QED) is 0.671. The standard InChI is InChI=1S/C15H20N4O2S/c1-10-7-12(19(20)21)8-17-13(10)16-6-5-11-9-22-14(18-11)15(2,3)4/h7-9H,5-6H2,1-4H3,(H,16,17). The average Bonchev–Trinajstić information content (AvgIpc) is 2.89. The highest BCUT2D eigenvalue weighted by Crippen LogP contribution is 2.25. The van der Waals surface area contributed by atoms with Crippen molar-refractivity contribution >= 4 is 22.8 Å². The normalized spacial score (nSPS) is 11.5. The van der Waals surface area contributed by atoms with Crippen LogP contribution in [0.5, 0.6) is 0 Å². The Morgan fingerprint density at radius 1 is 1.41 bits per heavy atom. The number of aromatic nitrogens is 2. The summed E-state index contributed by atoms with van der Waals surface area (Å²) >= 11 is 1.68. The van der Waals surface area contributed by atoms with Gasteiger partial charge in [0.2, 0.25) is 0 Å². The van der Waals surface area contributed by atoms with E-state index in [9.17, 15) is 10.1 Å². The first-order valence-electron chi connectivity index (χ1n) is 7.07. The van der Waals surface area contributed by atoms with E-state index in [2.05, 4.69) is 41.4 Å². The fourth-order valence-corrected chi connectivity index (χ4v) is 2.86. The van der Waals surface area contributed by atoms with Crippen LogP contribution in [0.25, 0.3) is 0 Å². The van der Waals surface area contributed by atoms with E-state index in [0.29, 0.717) is 12.4 Å². The van der Waals surface area contributed by atoms with E-state index in [1.54, 1.807) is 11.3 Å². The van der Waals surface area contributed by atoms with Crippen LogP contribution in [0, 0.1) is 17.0 Å². The van der Waals surface area contributed by atoms with Crippen molar-refractivity contribution in [2.24, 2.45) is 0 Å². The Morgan fingerprint density at radius 2 is 2.14 bits per heavy atom. The zero-order valence-electron chi connectivity index (χ0n) is 13.2. The maximum Gasteiger partial charge on any atom is 0.287 e. The summed E-state index contributed by atoms with van der Waals surface area (Å²) in [6.07, 6.45) is 2.07. The molecule has 22 heavy (non-hydrogen) atoms. The molecular formula is C15H20N4O2S. The molecule has 0 radical (unpaired) electrons. The van der Waals surface area contributed by atoms with Crippen LogP contribution < -0.4 is 5.32 Å². The summed E-state index contributed by atoms with van der Waals surface area (Å²) in [5.74, 6) is 0.678. The van der Waals surface area contributed by atoms with Gasteiger partial charge in [-0.2, -0.15) is 0 Å². The Balaban J connectivity index is 1.94. The van der Waals surface area contributed by atoms with E-state index in [4.69, 9.17) is 0 Å². The number of anilines is 1. The highest BCUT2D eigenvalue weighted by molar-refractivity contribution is 7.09. The van der Waals surface area contributed by atoms with E-state index >= 15 is 0 Å². The number of hydrogen-bond acceptors (Lipinski definition) is 6. The Morgan fingerprint density at radius 3 is 2.68 bits per heavy atom. The molecule has 0 saturated carbocycles. The number of nitro groups is 1. The lowest BCUT2D eigenvalue weighted by Gasteiger charge is -2.13. The van der Waals surface area contributed by atoms with Gasteiger partial charge in [-0.25, -0.2) is 9.97 Å². The van der Waals surface area contributed by atoms with Gasteiger partial charge >= 0.3 is 0 Å². The van der Waals surface area contributed by atoms with Gasteiger partial charge in [0.1, 0.15) is 12.0 Å². The molecule has 0 saturated heterocycles. The fraction of sp³-hybridized carbons (Fsp3) is 0.467. The predicted molar refractivity (Wildman–Crippen MR) is 88.6 cm³/mol. The van der Waals surface area contributed by atoms with Crippen molar-refractivity contribution in [1.82, 2.24) is 9.97 Å². The second kappa shape index (κ2) is 6.39. The molecule has 0 aromatic carbocycles. The van der Waals surface area contributed by atoms with E-state index in [1.165, 1.54) is 12.3 Å². The van der Waals surface area contributed by atoms with E-state index in [0.717, 1.165) is 22.7 Å². The molecule has 0 aliphatic heterocycles. The van der Waals surface area contributed by atoms with Crippen molar-refractivity contribution in [3.05, 3.63) is 44.0 Å². The molecule has 0 amide bonds. The van der Waals surface area contributed by atoms with Gasteiger partial charge in [-0.3, -0.25) is 10.1 Å². The molecule has 2 rings (SSSR count). The first-order valence-corrected chi connectivity index (χ1v) is 7.95. The smallest absolute Gasteiger partial charge is 0.287 e. The first kappa shape index (κ1) is 16.4. The molecular weight excluding hydrogens is 300 g/mol. The molecule has 6 nitrogen and oxygen atoms in total. The maximum absolute atomic E-state index is 10.7. The van der Waals surface area contributed by atoms with Crippen molar-refractivity contribution in [2.45, 2.75) is 39.5 Å². The summed E-state index contributed by atoms with van der Waals surface area (Å²) in [4.78, 5) is 19.0. The van der Waals surface area contributed by atoms with E-state index in [-0.39, 0.29) is 11.1 Å². The number of pyridine rings is 1. The summed E-state index contributed by atoms with van der Waals surface area (Å²) in [5.41, 5.74) is 1.91. The molecule has 7 heteroatoms. The summed E-state index contributed by atoms with van der Waals surface area (Å²) < 4.78 is 0. The minimum absolute atomic E-state index is 0.0115. The number of rotatable bonds is 5. The molecule has 0 fully saturated rings. The van der Waals surface area contributed by atoms with Gasteiger partial charge in [-0.15, -0.1) is 11.3 Å². The highest BCUT2D eigenvalue weighted by Gasteiger charge is 2.17. The monoisotopic (exact) mass is 320 g/mol. The minimum Gasteiger partial charge on any atom is -0.369 e. The third kappa shape index (κ3) is 4.00. The summed E-state index contributed by atoms with van der Waals surface area (Å²) in [5, 5.41) is 17.1. The summed E-state index contributed by atoms with van der Waals surface area (Å²) in [6, 6.07) is 1.52. The van der Waals surface area contributed by atoms with Crippen molar-refractivity contribution in [3.8, 4) is 0 Å². The van der Waals surface area contributed by atoms with Gasteiger partial charge in [0.15, 0.2) is 0 Å². The highest BCUT2D eigenvalue weighted by atomic mass is 32.1. The zero-order chi connectivity index (χ0) is 16.3. The van der Waals surface area contributed by atoms with Gasteiger partial charge in [-0.05, 0) is 12.5 Å². The van der Waals surface area contributed by atoms with Crippen LogP contribution in [0.1, 0.15) is 37.0 Å². The number of thiazole rings is 1. The summed E-state index contributed by atoms with van der Waals surface area (Å²) in [6.45, 7) is 8.95. The second-order valence-corrected chi connectivity index (χ2v) is 7.05. The Kier molecular flexibility index (Phi) is 4.75. The minimum atomic E-state index is -0.437. The van der Waals surface area contributed by atoms with Crippen LogP contribution in [0.2, 0.25) is 0 Å². The van der Waals surface area contributed by atoms with E-state index in [1.807, 2.05) is 6.92 Å². The molecule has 2 heterocycles.